The summed E-state index contributed by atoms with van der Waals surface area (Å²) >= 11 is 0. The van der Waals surface area contributed by atoms with Gasteiger partial charge >= 0.3 is 32.3 Å². The number of carbonyl (C=O) groups excluding carboxylic acids is 5. The van der Waals surface area contributed by atoms with E-state index < -0.39 is 72.7 Å². The zero-order valence-electron chi connectivity index (χ0n) is 58.3. The van der Waals surface area contributed by atoms with Crippen molar-refractivity contribution in [2.75, 3.05) is 59.0 Å². The largest absolute Gasteiger partial charge is 0.482 e. The van der Waals surface area contributed by atoms with Gasteiger partial charge in [0, 0.05) is 70.5 Å². The van der Waals surface area contributed by atoms with Crippen LogP contribution in [-0.4, -0.2) is 193 Å². The molecule has 12 fully saturated rings. The van der Waals surface area contributed by atoms with Gasteiger partial charge in [-0.25, -0.2) is 38.6 Å². The Morgan fingerprint density at radius 1 is 0.633 bits per heavy atom. The van der Waals surface area contributed by atoms with Crippen LogP contribution in [-0.2, 0) is 55.3 Å². The van der Waals surface area contributed by atoms with Crippen molar-refractivity contribution in [2.24, 2.45) is 34.5 Å². The van der Waals surface area contributed by atoms with Gasteiger partial charge in [-0.3, -0.25) is 19.4 Å². The predicted molar refractivity (Wildman–Crippen MR) is 365 cm³/mol. The summed E-state index contributed by atoms with van der Waals surface area (Å²) in [7, 11) is -1.19. The number of nitrogens with zero attached hydrogens (tertiary/aromatic N) is 6. The van der Waals surface area contributed by atoms with Crippen LogP contribution in [0.5, 0.6) is 0 Å². The molecule has 4 amide bonds. The number of likely N-dealkylation sites (tertiary alicyclic amines) is 4. The first-order chi connectivity index (χ1) is 45.7. The summed E-state index contributed by atoms with van der Waals surface area (Å²) in [6.45, 7) is 37.5. The SMILES string of the molecule is C.CC(C)(C=O)N1CCC(F)(F)CC1.[C-]#[N+]C(=CC(C)(C)N1CCC(F)(F)CC1)C(=O)N1CCC[C@@H]1COC(=O)N[C@@H](Cc1ccccc1)B1O[C@@H]2C[C@@H]3C[C@@H](C3(C)C)[C@]2(C)O1.[C-]#[N+]CC(=O)N1CCC[C@@H]1COC(=O)N[C@@H](Cc1ccccc1)B1O[C@@H]2C[C@@H]3C[C@@H](C3(C)C)[C@]2(C)O1. The van der Waals surface area contributed by atoms with E-state index in [1.54, 1.807) is 34.6 Å². The zero-order chi connectivity index (χ0) is 70.1. The van der Waals surface area contributed by atoms with Crippen molar-refractivity contribution < 1.29 is 69.6 Å². The van der Waals surface area contributed by atoms with Crippen molar-refractivity contribution in [1.29, 1.82) is 0 Å². The molecule has 2 aromatic carbocycles. The number of aldehydes is 1. The van der Waals surface area contributed by atoms with Crippen LogP contribution in [0.3, 0.4) is 0 Å². The standard InChI is InChI=1S/C36H49BF2N4O5.C27H36BN3O5.C9H15F2NO.CH4/c1-33(2,42-17-14-36(38,39)15-18-42)22-27(40-6)31(44)43-16-10-13-26(43)23-46-32(45)41-30(19-24-11-8-7-9-12-24)37-47-29-21-25-20-28(34(25,3)4)35(29,5)48-37;1-26(2)19-14-21(26)27(3)22(15-19)35-28(36-27)23(13-18-9-6-5-7-10-18)30-25(33)34-17-20-11-8-12-31(20)24(32)16-29-4;1-8(2,7-13)12-5-3-9(10,11)4-6-12;/h7-9,11-12,22,25-26,28-30H,10,13-21,23H2,1-5H3,(H,41,45);5-7,9-10,19-23H,8,11-17H2,1-3H3,(H,30,33);7H,3-6H2,1-2H3;1H4/t25-,26+,28-,29+,30-,35-;19-,20+,21-,22+,23-,27-;;/m00../s1. The van der Waals surface area contributed by atoms with Crippen LogP contribution in [0.2, 0.25) is 0 Å². The topological polar surface area (TPSA) is 186 Å². The third kappa shape index (κ3) is 16.6. The highest BCUT2D eigenvalue weighted by Gasteiger charge is 2.70. The van der Waals surface area contributed by atoms with E-state index in [0.29, 0.717) is 69.1 Å². The van der Waals surface area contributed by atoms with Gasteiger partial charge in [0.2, 0.25) is 5.70 Å². The molecule has 0 spiro atoms. The number of amides is 4. The Labute approximate surface area is 578 Å². The van der Waals surface area contributed by atoms with E-state index in [2.05, 4.69) is 61.9 Å². The number of nitrogens with one attached hydrogen (secondary N) is 2. The first-order valence-corrected chi connectivity index (χ1v) is 35.1. The Morgan fingerprint density at radius 2 is 1.04 bits per heavy atom. The summed E-state index contributed by atoms with van der Waals surface area (Å²) < 4.78 is 90.7. The maximum Gasteiger partial charge on any atom is 0.482 e. The number of hydrogen-bond donors (Lipinski definition) is 2. The summed E-state index contributed by atoms with van der Waals surface area (Å²) in [5, 5.41) is 6.04. The Kier molecular flexibility index (Phi) is 23.5. The molecule has 4 bridgehead atoms. The molecule has 98 heavy (non-hydrogen) atoms. The number of rotatable bonds is 18. The number of piperidine rings is 2. The number of halogens is 4. The highest BCUT2D eigenvalue weighted by molar-refractivity contribution is 6.48. The molecule has 0 aromatic heterocycles. The van der Waals surface area contributed by atoms with Crippen molar-refractivity contribution >= 4 is 44.5 Å². The lowest BCUT2D eigenvalue weighted by atomic mass is 9.43. The Morgan fingerprint density at radius 3 is 1.44 bits per heavy atom. The van der Waals surface area contributed by atoms with Crippen molar-refractivity contribution in [1.82, 2.24) is 30.2 Å². The van der Waals surface area contributed by atoms with Crippen LogP contribution in [0, 0.1) is 47.6 Å². The first kappa shape index (κ1) is 76.1. The quantitative estimate of drug-likeness (QED) is 0.0472. The number of alkyl carbamates (subject to hydrolysis) is 2. The maximum atomic E-state index is 13.8. The molecule has 2 N–H and O–H groups in total. The minimum Gasteiger partial charge on any atom is -0.447 e. The van der Waals surface area contributed by atoms with Gasteiger partial charge < -0.3 is 58.2 Å². The molecule has 536 valence electrons. The number of hydrogen-bond acceptors (Lipinski definition) is 13. The lowest BCUT2D eigenvalue weighted by Crippen LogP contribution is -2.65. The molecule has 19 nitrogen and oxygen atoms in total. The molecule has 0 radical (unpaired) electrons. The smallest absolute Gasteiger partial charge is 0.447 e. The summed E-state index contributed by atoms with van der Waals surface area (Å²) in [4.78, 5) is 76.4. The van der Waals surface area contributed by atoms with Gasteiger partial charge in [-0.1, -0.05) is 102 Å². The van der Waals surface area contributed by atoms with E-state index >= 15 is 0 Å². The van der Waals surface area contributed by atoms with E-state index in [9.17, 15) is 41.5 Å². The molecule has 2 aromatic rings. The summed E-state index contributed by atoms with van der Waals surface area (Å²) in [5.74, 6) is -4.68. The van der Waals surface area contributed by atoms with Gasteiger partial charge in [0.1, 0.15) is 19.5 Å². The summed E-state index contributed by atoms with van der Waals surface area (Å²) in [6.07, 6.45) is 8.71. The van der Waals surface area contributed by atoms with Gasteiger partial charge in [-0.15, -0.1) is 0 Å². The second-order valence-corrected chi connectivity index (χ2v) is 31.5. The van der Waals surface area contributed by atoms with Crippen molar-refractivity contribution in [3.63, 3.8) is 0 Å². The Hall–Kier alpha value is -6.08. The van der Waals surface area contributed by atoms with Crippen LogP contribution < -0.4 is 10.6 Å². The number of ether oxygens (including phenoxy) is 2. The van der Waals surface area contributed by atoms with Crippen molar-refractivity contribution in [2.45, 2.75) is 237 Å². The average Bonchev–Trinajstić information content (AvgIpc) is 1.39. The van der Waals surface area contributed by atoms with E-state index in [1.807, 2.05) is 79.4 Å². The second-order valence-electron chi connectivity index (χ2n) is 31.5. The van der Waals surface area contributed by atoms with E-state index in [1.165, 1.54) is 6.42 Å². The molecule has 6 aliphatic heterocycles. The molecular formula is C73H104B2F4N8O11. The Balaban J connectivity index is 0.000000197. The molecule has 14 rings (SSSR count). The number of benzene rings is 2. The molecular weight excluding hydrogens is 1260 g/mol. The molecule has 12 aliphatic rings. The van der Waals surface area contributed by atoms with Crippen LogP contribution in [0.15, 0.2) is 72.4 Å². The molecule has 6 aliphatic carbocycles. The molecule has 6 saturated carbocycles. The number of alkyl halides is 4. The fourth-order valence-electron chi connectivity index (χ4n) is 17.4. The number of carbonyl (C=O) groups is 5. The van der Waals surface area contributed by atoms with E-state index in [4.69, 9.17) is 41.2 Å². The van der Waals surface area contributed by atoms with Gasteiger partial charge in [-0.2, -0.15) is 0 Å². The third-order valence-electron chi connectivity index (χ3n) is 23.9. The van der Waals surface area contributed by atoms with E-state index in [0.717, 1.165) is 55.9 Å². The van der Waals surface area contributed by atoms with Gasteiger partial charge in [-0.05, 0) is 151 Å². The van der Waals surface area contributed by atoms with Crippen LogP contribution >= 0.6 is 0 Å². The molecule has 6 heterocycles. The lowest BCUT2D eigenvalue weighted by Gasteiger charge is -2.64. The monoisotopic (exact) mass is 1370 g/mol. The summed E-state index contributed by atoms with van der Waals surface area (Å²) in [5.41, 5.74) is 0.354. The average molecular weight is 1370 g/mol. The minimum atomic E-state index is -2.68. The third-order valence-corrected chi connectivity index (χ3v) is 23.9. The normalized spacial score (nSPS) is 30.8. The molecule has 25 heteroatoms. The molecule has 12 atom stereocenters. The Bertz CT molecular complexity index is 3250. The van der Waals surface area contributed by atoms with Crippen molar-refractivity contribution in [3.05, 3.63) is 106 Å². The van der Waals surface area contributed by atoms with Crippen LogP contribution in [0.25, 0.3) is 9.69 Å². The van der Waals surface area contributed by atoms with Crippen LogP contribution in [0.1, 0.15) is 165 Å². The van der Waals surface area contributed by atoms with Gasteiger partial charge in [0.05, 0.1) is 59.5 Å². The van der Waals surface area contributed by atoms with Crippen LogP contribution in [0.4, 0.5) is 27.2 Å². The fourth-order valence-corrected chi connectivity index (χ4v) is 17.4. The molecule has 6 saturated heterocycles. The lowest BCUT2D eigenvalue weighted by molar-refractivity contribution is -0.199. The second kappa shape index (κ2) is 30.2. The highest BCUT2D eigenvalue weighted by Crippen LogP contribution is 2.67. The van der Waals surface area contributed by atoms with Gasteiger partial charge in [0.25, 0.3) is 24.3 Å². The van der Waals surface area contributed by atoms with E-state index in [-0.39, 0.29) is 118 Å². The highest BCUT2D eigenvalue weighted by atomic mass is 19.3. The molecule has 0 unspecified atom stereocenters. The minimum absolute atomic E-state index is 0. The maximum absolute atomic E-state index is 13.8. The first-order valence-electron chi connectivity index (χ1n) is 35.1. The summed E-state index contributed by atoms with van der Waals surface area (Å²) in [6, 6.07) is 19.3. The predicted octanol–water partition coefficient (Wildman–Crippen LogP) is 11.7. The van der Waals surface area contributed by atoms with Gasteiger partial charge in [0.15, 0.2) is 0 Å². The van der Waals surface area contributed by atoms with Crippen molar-refractivity contribution in [3.8, 4) is 0 Å². The fraction of sp³-hybridized carbons (Fsp3) is 0.712. The zero-order valence-corrected chi connectivity index (χ0v) is 58.3.